The molecule has 0 saturated carbocycles. The van der Waals surface area contributed by atoms with Gasteiger partial charge in [0.25, 0.3) is 0 Å². The van der Waals surface area contributed by atoms with Crippen molar-refractivity contribution in [3.63, 3.8) is 0 Å². The summed E-state index contributed by atoms with van der Waals surface area (Å²) in [5, 5.41) is 7.23. The van der Waals surface area contributed by atoms with Gasteiger partial charge in [-0.05, 0) is 54.1 Å². The monoisotopic (exact) mass is 356 g/mol. The number of likely N-dealkylation sites (tertiary alicyclic amines) is 1. The Morgan fingerprint density at radius 1 is 1.24 bits per heavy atom. The molecule has 5 heteroatoms. The van der Waals surface area contributed by atoms with Gasteiger partial charge in [-0.25, -0.2) is 0 Å². The first-order valence-electron chi connectivity index (χ1n) is 8.78. The molecule has 1 fully saturated rings. The summed E-state index contributed by atoms with van der Waals surface area (Å²) in [4.78, 5) is 27.0. The lowest BCUT2D eigenvalue weighted by Crippen LogP contribution is -2.49. The summed E-state index contributed by atoms with van der Waals surface area (Å²) in [5.41, 5.74) is 2.23. The summed E-state index contributed by atoms with van der Waals surface area (Å²) < 4.78 is 0. The molecule has 1 aliphatic rings. The highest BCUT2D eigenvalue weighted by atomic mass is 32.1. The van der Waals surface area contributed by atoms with Gasteiger partial charge >= 0.3 is 0 Å². The van der Waals surface area contributed by atoms with Crippen LogP contribution in [0.2, 0.25) is 0 Å². The summed E-state index contributed by atoms with van der Waals surface area (Å²) in [7, 11) is 0. The molecular weight excluding hydrogens is 332 g/mol. The van der Waals surface area contributed by atoms with E-state index in [1.165, 1.54) is 5.56 Å². The van der Waals surface area contributed by atoms with Crippen LogP contribution in [0.3, 0.4) is 0 Å². The van der Waals surface area contributed by atoms with Crippen molar-refractivity contribution in [3.8, 4) is 0 Å². The van der Waals surface area contributed by atoms with Crippen molar-refractivity contribution in [2.45, 2.75) is 44.7 Å². The van der Waals surface area contributed by atoms with Crippen LogP contribution in [0.4, 0.5) is 0 Å². The molecular formula is C20H24N2O2S. The highest BCUT2D eigenvalue weighted by Gasteiger charge is 2.34. The number of carbonyl (C=O) groups is 2. The van der Waals surface area contributed by atoms with Gasteiger partial charge < -0.3 is 10.2 Å². The van der Waals surface area contributed by atoms with Crippen molar-refractivity contribution in [3.05, 3.63) is 58.3 Å². The third kappa shape index (κ3) is 4.69. The number of benzene rings is 1. The molecule has 0 aliphatic carbocycles. The second-order valence-electron chi connectivity index (χ2n) is 6.65. The van der Waals surface area contributed by atoms with E-state index in [0.29, 0.717) is 13.0 Å². The van der Waals surface area contributed by atoms with Crippen LogP contribution in [-0.4, -0.2) is 35.3 Å². The number of amides is 2. The van der Waals surface area contributed by atoms with Crippen molar-refractivity contribution in [2.75, 3.05) is 6.54 Å². The fourth-order valence-electron chi connectivity index (χ4n) is 3.36. The first kappa shape index (κ1) is 17.7. The van der Waals surface area contributed by atoms with Crippen molar-refractivity contribution >= 4 is 23.2 Å². The average molecular weight is 356 g/mol. The summed E-state index contributed by atoms with van der Waals surface area (Å²) in [5.74, 6) is 0.0102. The van der Waals surface area contributed by atoms with E-state index in [4.69, 9.17) is 0 Å². The molecule has 1 saturated heterocycles. The smallest absolute Gasteiger partial charge is 0.243 e. The standard InChI is InChI=1S/C20H24N2O2S/c1-15(12-17-9-11-25-14-17)21-20(24)18-8-5-10-22(18)19(23)13-16-6-3-2-4-7-16/h2-4,6-7,9,11,14-15,18H,5,8,10,12-13H2,1H3,(H,21,24). The molecule has 1 aromatic carbocycles. The zero-order valence-corrected chi connectivity index (χ0v) is 15.3. The van der Waals surface area contributed by atoms with Gasteiger partial charge in [-0.3, -0.25) is 9.59 Å². The van der Waals surface area contributed by atoms with Crippen LogP contribution in [-0.2, 0) is 22.4 Å². The van der Waals surface area contributed by atoms with Crippen LogP contribution in [0.15, 0.2) is 47.2 Å². The molecule has 3 rings (SSSR count). The minimum absolute atomic E-state index is 0.0263. The zero-order valence-electron chi connectivity index (χ0n) is 14.5. The lowest BCUT2D eigenvalue weighted by Gasteiger charge is -2.25. The second-order valence-corrected chi connectivity index (χ2v) is 7.43. The van der Waals surface area contributed by atoms with Crippen molar-refractivity contribution in [1.82, 2.24) is 10.2 Å². The van der Waals surface area contributed by atoms with Crippen LogP contribution in [0, 0.1) is 0 Å². The fourth-order valence-corrected chi connectivity index (χ4v) is 4.04. The Bertz CT molecular complexity index is 700. The molecule has 132 valence electrons. The first-order valence-corrected chi connectivity index (χ1v) is 9.72. The fraction of sp³-hybridized carbons (Fsp3) is 0.400. The number of nitrogens with zero attached hydrogens (tertiary/aromatic N) is 1. The number of hydrogen-bond acceptors (Lipinski definition) is 3. The predicted octanol–water partition coefficient (Wildman–Crippen LogP) is 3.03. The minimum atomic E-state index is -0.332. The Hall–Kier alpha value is -2.14. The van der Waals surface area contributed by atoms with Gasteiger partial charge in [0.15, 0.2) is 0 Å². The van der Waals surface area contributed by atoms with Crippen LogP contribution >= 0.6 is 11.3 Å². The molecule has 1 aliphatic heterocycles. The van der Waals surface area contributed by atoms with E-state index in [1.807, 2.05) is 42.6 Å². The molecule has 0 spiro atoms. The van der Waals surface area contributed by atoms with E-state index in [2.05, 4.69) is 16.8 Å². The van der Waals surface area contributed by atoms with Crippen molar-refractivity contribution in [1.29, 1.82) is 0 Å². The third-order valence-corrected chi connectivity index (χ3v) is 5.32. The van der Waals surface area contributed by atoms with Gasteiger partial charge in [0.05, 0.1) is 6.42 Å². The van der Waals surface area contributed by atoms with Crippen LogP contribution < -0.4 is 5.32 Å². The molecule has 25 heavy (non-hydrogen) atoms. The van der Waals surface area contributed by atoms with Crippen LogP contribution in [0.1, 0.15) is 30.9 Å². The Labute approximate surface area is 152 Å². The molecule has 4 nitrogen and oxygen atoms in total. The quantitative estimate of drug-likeness (QED) is 0.865. The maximum absolute atomic E-state index is 12.6. The average Bonchev–Trinajstić information content (AvgIpc) is 3.27. The van der Waals surface area contributed by atoms with Gasteiger partial charge in [-0.2, -0.15) is 11.3 Å². The topological polar surface area (TPSA) is 49.4 Å². The Kier molecular flexibility index (Phi) is 5.87. The first-order chi connectivity index (χ1) is 12.1. The van der Waals surface area contributed by atoms with E-state index in [-0.39, 0.29) is 23.9 Å². The van der Waals surface area contributed by atoms with Gasteiger partial charge in [0.1, 0.15) is 6.04 Å². The molecule has 0 bridgehead atoms. The van der Waals surface area contributed by atoms with Gasteiger partial charge in [0.2, 0.25) is 11.8 Å². The molecule has 2 unspecified atom stereocenters. The zero-order chi connectivity index (χ0) is 17.6. The summed E-state index contributed by atoms with van der Waals surface area (Å²) in [6.07, 6.45) is 2.81. The lowest BCUT2D eigenvalue weighted by molar-refractivity contribution is -0.138. The summed E-state index contributed by atoms with van der Waals surface area (Å²) in [6.45, 7) is 2.68. The number of rotatable bonds is 6. The van der Waals surface area contributed by atoms with Gasteiger partial charge in [0, 0.05) is 12.6 Å². The van der Waals surface area contributed by atoms with Gasteiger partial charge in [-0.15, -0.1) is 0 Å². The molecule has 2 aromatic rings. The molecule has 2 amide bonds. The number of carbonyl (C=O) groups excluding carboxylic acids is 2. The number of hydrogen-bond donors (Lipinski definition) is 1. The lowest BCUT2D eigenvalue weighted by atomic mass is 10.1. The molecule has 1 aromatic heterocycles. The number of thiophene rings is 1. The van der Waals surface area contributed by atoms with E-state index < -0.39 is 0 Å². The maximum atomic E-state index is 12.6. The highest BCUT2D eigenvalue weighted by Crippen LogP contribution is 2.19. The second kappa shape index (κ2) is 8.30. The predicted molar refractivity (Wildman–Crippen MR) is 101 cm³/mol. The maximum Gasteiger partial charge on any atom is 0.243 e. The van der Waals surface area contributed by atoms with E-state index in [0.717, 1.165) is 24.8 Å². The summed E-state index contributed by atoms with van der Waals surface area (Å²) >= 11 is 1.67. The molecule has 0 radical (unpaired) electrons. The van der Waals surface area contributed by atoms with Crippen LogP contribution in [0.5, 0.6) is 0 Å². The van der Waals surface area contributed by atoms with Gasteiger partial charge in [-0.1, -0.05) is 30.3 Å². The minimum Gasteiger partial charge on any atom is -0.352 e. The van der Waals surface area contributed by atoms with Crippen molar-refractivity contribution < 1.29 is 9.59 Å². The Balaban J connectivity index is 1.56. The molecule has 2 heterocycles. The van der Waals surface area contributed by atoms with E-state index >= 15 is 0 Å². The largest absolute Gasteiger partial charge is 0.352 e. The third-order valence-electron chi connectivity index (χ3n) is 4.58. The Morgan fingerprint density at radius 2 is 2.04 bits per heavy atom. The SMILES string of the molecule is CC(Cc1ccsc1)NC(=O)C1CCCN1C(=O)Cc1ccccc1. The normalized spacial score (nSPS) is 18.1. The summed E-state index contributed by atoms with van der Waals surface area (Å²) in [6, 6.07) is 11.5. The molecule has 2 atom stereocenters. The van der Waals surface area contributed by atoms with Crippen molar-refractivity contribution in [2.24, 2.45) is 0 Å². The highest BCUT2D eigenvalue weighted by molar-refractivity contribution is 7.07. The van der Waals surface area contributed by atoms with E-state index in [9.17, 15) is 9.59 Å². The molecule has 1 N–H and O–H groups in total. The van der Waals surface area contributed by atoms with E-state index in [1.54, 1.807) is 16.2 Å². The Morgan fingerprint density at radius 3 is 2.76 bits per heavy atom. The number of nitrogens with one attached hydrogen (secondary N) is 1. The van der Waals surface area contributed by atoms with Crippen LogP contribution in [0.25, 0.3) is 0 Å².